The highest BCUT2D eigenvalue weighted by atomic mass is 35.5. The lowest BCUT2D eigenvalue weighted by atomic mass is 10.0. The minimum Gasteiger partial charge on any atom is -0.492 e. The zero-order valence-electron chi connectivity index (χ0n) is 21.3. The third-order valence-electron chi connectivity index (χ3n) is 7.86. The van der Waals surface area contributed by atoms with Crippen molar-refractivity contribution in [2.75, 3.05) is 24.6 Å². The third-order valence-corrected chi connectivity index (χ3v) is 8.16. The summed E-state index contributed by atoms with van der Waals surface area (Å²) in [6.07, 6.45) is 9.09. The van der Waals surface area contributed by atoms with E-state index in [0.717, 1.165) is 65.2 Å². The van der Waals surface area contributed by atoms with Gasteiger partial charge in [0, 0.05) is 42.7 Å². The van der Waals surface area contributed by atoms with Crippen molar-refractivity contribution >= 4 is 39.9 Å². The summed E-state index contributed by atoms with van der Waals surface area (Å²) in [4.78, 5) is 24.0. The summed E-state index contributed by atoms with van der Waals surface area (Å²) in [6.45, 7) is 4.39. The van der Waals surface area contributed by atoms with Crippen molar-refractivity contribution in [3.8, 4) is 16.9 Å². The molecule has 0 bridgehead atoms. The van der Waals surface area contributed by atoms with Crippen LogP contribution in [0.1, 0.15) is 30.3 Å². The fourth-order valence-electron chi connectivity index (χ4n) is 6.15. The van der Waals surface area contributed by atoms with Crippen molar-refractivity contribution in [3.05, 3.63) is 65.8 Å². The first-order valence-corrected chi connectivity index (χ1v) is 13.6. The van der Waals surface area contributed by atoms with E-state index < -0.39 is 0 Å². The highest BCUT2D eigenvalue weighted by Crippen LogP contribution is 2.40. The summed E-state index contributed by atoms with van der Waals surface area (Å²) in [5.74, 6) is 2.54. The fraction of sp³-hybridized carbons (Fsp3) is 0.321. The number of aromatic nitrogens is 6. The minimum atomic E-state index is -0.201. The summed E-state index contributed by atoms with van der Waals surface area (Å²) in [5.41, 5.74) is 3.97. The van der Waals surface area contributed by atoms with Gasteiger partial charge in [0.25, 0.3) is 5.91 Å². The molecule has 198 valence electrons. The quantitative estimate of drug-likeness (QED) is 0.327. The number of carbonyl (C=O) groups is 1. The Bertz CT molecular complexity index is 1670. The van der Waals surface area contributed by atoms with Gasteiger partial charge in [-0.05, 0) is 61.9 Å². The Labute approximate surface area is 229 Å². The maximum absolute atomic E-state index is 12.7. The van der Waals surface area contributed by atoms with Gasteiger partial charge >= 0.3 is 0 Å². The van der Waals surface area contributed by atoms with Crippen molar-refractivity contribution in [3.63, 3.8) is 0 Å². The first-order chi connectivity index (χ1) is 19.1. The Morgan fingerprint density at radius 1 is 1.18 bits per heavy atom. The van der Waals surface area contributed by atoms with Crippen molar-refractivity contribution in [1.29, 1.82) is 0 Å². The molecule has 1 aliphatic carbocycles. The molecule has 1 amide bonds. The number of nitrogens with zero attached hydrogens (tertiary/aromatic N) is 6. The van der Waals surface area contributed by atoms with Crippen LogP contribution in [0.4, 0.5) is 5.82 Å². The number of halogens is 1. The number of anilines is 1. The van der Waals surface area contributed by atoms with Gasteiger partial charge in [0.2, 0.25) is 0 Å². The molecule has 10 nitrogen and oxygen atoms in total. The van der Waals surface area contributed by atoms with E-state index in [-0.39, 0.29) is 17.6 Å². The van der Waals surface area contributed by atoms with Crippen molar-refractivity contribution in [1.82, 2.24) is 35.1 Å². The molecule has 5 aromatic rings. The molecule has 11 heteroatoms. The number of hydrogen-bond acceptors (Lipinski definition) is 7. The molecule has 1 unspecified atom stereocenters. The zero-order chi connectivity index (χ0) is 26.5. The number of fused-ring (bicyclic) bond motifs is 4. The van der Waals surface area contributed by atoms with Crippen LogP contribution in [0.15, 0.2) is 55.1 Å². The maximum Gasteiger partial charge on any atom is 0.271 e. The number of amides is 1. The Balaban J connectivity index is 1.07. The van der Waals surface area contributed by atoms with Gasteiger partial charge in [-0.3, -0.25) is 9.89 Å². The number of aromatic amines is 1. The smallest absolute Gasteiger partial charge is 0.271 e. The Morgan fingerprint density at radius 3 is 2.77 bits per heavy atom. The van der Waals surface area contributed by atoms with E-state index in [1.165, 1.54) is 0 Å². The average Bonchev–Trinajstić information content (AvgIpc) is 3.69. The van der Waals surface area contributed by atoms with Crippen molar-refractivity contribution in [2.45, 2.75) is 25.8 Å². The standard InChI is InChI=1S/C28H27ClN8O2/c1-2-39-20-10-21(26-22-12-32-34-27(22)35-37(26)15-20)16-5-6-24(31-11-16)36-13-17-8-19(9-18(17)14-36)33-28(38)25-23(29)4-3-7-30-25/h3-7,10-12,15,17-19H,2,8-9,13-14H2,1H3,(H,33,38)(H,34,35)/t17-,18?,19-/m0/s1. The fourth-order valence-corrected chi connectivity index (χ4v) is 6.36. The van der Waals surface area contributed by atoms with E-state index in [0.29, 0.717) is 23.5 Å². The van der Waals surface area contributed by atoms with E-state index in [9.17, 15) is 4.79 Å². The third kappa shape index (κ3) is 4.24. The molecule has 2 aliphatic rings. The summed E-state index contributed by atoms with van der Waals surface area (Å²) in [7, 11) is 0. The molecule has 3 atom stereocenters. The molecule has 5 aromatic heterocycles. The van der Waals surface area contributed by atoms with E-state index in [2.05, 4.69) is 42.6 Å². The van der Waals surface area contributed by atoms with Crippen LogP contribution in [0.3, 0.4) is 0 Å². The second-order valence-electron chi connectivity index (χ2n) is 10.3. The van der Waals surface area contributed by atoms with E-state index >= 15 is 0 Å². The number of rotatable bonds is 6. The van der Waals surface area contributed by atoms with Gasteiger partial charge in [-0.2, -0.15) is 5.10 Å². The zero-order valence-corrected chi connectivity index (χ0v) is 22.1. The lowest BCUT2D eigenvalue weighted by Crippen LogP contribution is -2.35. The first kappa shape index (κ1) is 23.9. The average molecular weight is 543 g/mol. The predicted octanol–water partition coefficient (Wildman–Crippen LogP) is 4.36. The topological polar surface area (TPSA) is 113 Å². The molecule has 6 heterocycles. The summed E-state index contributed by atoms with van der Waals surface area (Å²) < 4.78 is 7.65. The summed E-state index contributed by atoms with van der Waals surface area (Å²) >= 11 is 6.15. The van der Waals surface area contributed by atoms with Crippen LogP contribution in [0.25, 0.3) is 27.7 Å². The highest BCUT2D eigenvalue weighted by Gasteiger charge is 2.42. The van der Waals surface area contributed by atoms with Crippen LogP contribution in [0, 0.1) is 11.8 Å². The maximum atomic E-state index is 12.7. The number of hydrogen-bond donors (Lipinski definition) is 2. The van der Waals surface area contributed by atoms with Gasteiger partial charge in [-0.15, -0.1) is 5.10 Å². The van der Waals surface area contributed by atoms with Crippen molar-refractivity contribution < 1.29 is 9.53 Å². The Morgan fingerprint density at radius 2 is 2.03 bits per heavy atom. The molecule has 1 saturated carbocycles. The lowest BCUT2D eigenvalue weighted by Gasteiger charge is -2.21. The summed E-state index contributed by atoms with van der Waals surface area (Å²) in [5, 5.41) is 16.2. The molecule has 39 heavy (non-hydrogen) atoms. The van der Waals surface area contributed by atoms with Gasteiger partial charge in [0.05, 0.1) is 34.9 Å². The van der Waals surface area contributed by atoms with Crippen molar-refractivity contribution in [2.24, 2.45) is 11.8 Å². The normalized spacial score (nSPS) is 20.6. The molecule has 0 radical (unpaired) electrons. The van der Waals surface area contributed by atoms with Gasteiger partial charge in [0.15, 0.2) is 5.65 Å². The molecule has 1 saturated heterocycles. The van der Waals surface area contributed by atoms with Gasteiger partial charge in [-0.25, -0.2) is 14.5 Å². The van der Waals surface area contributed by atoms with Crippen LogP contribution < -0.4 is 15.0 Å². The van der Waals surface area contributed by atoms with Crippen LogP contribution >= 0.6 is 11.6 Å². The molecule has 0 spiro atoms. The second kappa shape index (κ2) is 9.53. The molecule has 0 aromatic carbocycles. The predicted molar refractivity (Wildman–Crippen MR) is 148 cm³/mol. The number of ether oxygens (including phenoxy) is 1. The van der Waals surface area contributed by atoms with Crippen LogP contribution in [0.5, 0.6) is 5.75 Å². The highest BCUT2D eigenvalue weighted by molar-refractivity contribution is 6.33. The second-order valence-corrected chi connectivity index (χ2v) is 10.7. The number of H-pyrrole nitrogens is 1. The molecule has 1 aliphatic heterocycles. The van der Waals surface area contributed by atoms with Crippen LogP contribution in [-0.4, -0.2) is 61.4 Å². The van der Waals surface area contributed by atoms with Gasteiger partial charge < -0.3 is 15.0 Å². The van der Waals surface area contributed by atoms with Gasteiger partial charge in [-0.1, -0.05) is 11.6 Å². The van der Waals surface area contributed by atoms with Crippen LogP contribution in [-0.2, 0) is 0 Å². The van der Waals surface area contributed by atoms with E-state index in [1.54, 1.807) is 24.5 Å². The molecule has 2 N–H and O–H groups in total. The number of carbonyl (C=O) groups excluding carboxylic acids is 1. The molecular formula is C28H27ClN8O2. The SMILES string of the molecule is CCOc1cc(-c2ccc(N3CC4C[C@@H](NC(=O)c5ncccc5Cl)C[C@H]4C3)nc2)c2c3cn[nH]c3nn2c1. The number of pyridine rings is 3. The monoisotopic (exact) mass is 542 g/mol. The van der Waals surface area contributed by atoms with Gasteiger partial charge in [0.1, 0.15) is 17.3 Å². The lowest BCUT2D eigenvalue weighted by molar-refractivity contribution is 0.0931. The Kier molecular flexibility index (Phi) is 5.84. The number of nitrogens with one attached hydrogen (secondary N) is 2. The van der Waals surface area contributed by atoms with Crippen LogP contribution in [0.2, 0.25) is 5.02 Å². The molecular weight excluding hydrogens is 516 g/mol. The largest absolute Gasteiger partial charge is 0.492 e. The molecule has 7 rings (SSSR count). The van der Waals surface area contributed by atoms with E-state index in [4.69, 9.17) is 21.3 Å². The summed E-state index contributed by atoms with van der Waals surface area (Å²) in [6, 6.07) is 9.79. The first-order valence-electron chi connectivity index (χ1n) is 13.2. The Hall–Kier alpha value is -4.18. The van der Waals surface area contributed by atoms with E-state index in [1.807, 2.05) is 29.9 Å². The molecule has 2 fully saturated rings. The minimum absolute atomic E-state index is 0.137.